The van der Waals surface area contributed by atoms with Gasteiger partial charge in [-0.25, -0.2) is 0 Å². The van der Waals surface area contributed by atoms with Crippen molar-refractivity contribution in [1.29, 1.82) is 0 Å². The Morgan fingerprint density at radius 3 is 1.94 bits per heavy atom. The van der Waals surface area contributed by atoms with E-state index in [-0.39, 0.29) is 72.3 Å². The van der Waals surface area contributed by atoms with E-state index in [2.05, 4.69) is 4.74 Å². The number of ether oxygens (including phenoxy) is 1. The molecule has 0 aromatic heterocycles. The van der Waals surface area contributed by atoms with E-state index in [1.807, 2.05) is 0 Å². The van der Waals surface area contributed by atoms with Crippen molar-refractivity contribution in [2.24, 2.45) is 0 Å². The zero-order valence-corrected chi connectivity index (χ0v) is 14.3. The fourth-order valence-corrected chi connectivity index (χ4v) is 1.09. The summed E-state index contributed by atoms with van der Waals surface area (Å²) in [5, 5.41) is 29.8. The Hall–Kier alpha value is 0.820. The molecule has 17 heavy (non-hydrogen) atoms. The first kappa shape index (κ1) is 23.0. The van der Waals surface area contributed by atoms with Crippen molar-refractivity contribution in [2.45, 2.75) is 6.10 Å². The van der Waals surface area contributed by atoms with Crippen LogP contribution in [0.4, 0.5) is 0 Å². The maximum atomic E-state index is 10.3. The summed E-state index contributed by atoms with van der Waals surface area (Å²) in [6.45, 7) is -1.28. The van der Waals surface area contributed by atoms with Crippen LogP contribution < -0.4 is 69.3 Å². The molecule has 0 saturated heterocycles. The van der Waals surface area contributed by atoms with Gasteiger partial charge < -0.3 is 29.6 Å². The van der Waals surface area contributed by atoms with Crippen LogP contribution in [0.5, 0.6) is 0 Å². The van der Waals surface area contributed by atoms with Crippen molar-refractivity contribution in [3.63, 3.8) is 0 Å². The predicted octanol–water partition coefficient (Wildman–Crippen LogP) is -10.2. The van der Waals surface area contributed by atoms with Gasteiger partial charge in [-0.15, -0.1) is 0 Å². The van der Waals surface area contributed by atoms with Crippen LogP contribution in [0.3, 0.4) is 0 Å². The van der Waals surface area contributed by atoms with Gasteiger partial charge in [0, 0.05) is 26.7 Å². The Kier molecular flexibility index (Phi) is 17.9. The Morgan fingerprint density at radius 2 is 1.65 bits per heavy atom. The summed E-state index contributed by atoms with van der Waals surface area (Å²) in [6, 6.07) is 0. The molecule has 7 nitrogen and oxygen atoms in total. The number of carboxylic acids is 2. The minimum atomic E-state index is -1.42. The summed E-state index contributed by atoms with van der Waals surface area (Å²) in [5.74, 6) is -2.83. The maximum Gasteiger partial charge on any atom is 1.00 e. The van der Waals surface area contributed by atoms with Gasteiger partial charge in [0.25, 0.3) is 0 Å². The molecule has 0 heterocycles. The van der Waals surface area contributed by atoms with Crippen molar-refractivity contribution >= 4 is 11.9 Å². The average molecular weight is 265 g/mol. The standard InChI is InChI=1S/C8H15NO6.2Na/c1-15-5-6(10)2-9(3-7(11)12)4-8(13)14;;/h6,10H,2-5H2,1H3,(H,11,12)(H,13,14);;/q;2*+1/p-2. The third-order valence-electron chi connectivity index (χ3n) is 1.53. The van der Waals surface area contributed by atoms with Crippen LogP contribution in [-0.2, 0) is 14.3 Å². The first-order valence-corrected chi connectivity index (χ1v) is 4.24. The predicted molar refractivity (Wildman–Crippen MR) is 44.3 cm³/mol. The average Bonchev–Trinajstić information content (AvgIpc) is 2.00. The van der Waals surface area contributed by atoms with Crippen LogP contribution in [0, 0.1) is 0 Å². The molecule has 0 fully saturated rings. The molecule has 0 aliphatic carbocycles. The Balaban J connectivity index is -0.000000980. The molecule has 0 spiro atoms. The zero-order chi connectivity index (χ0) is 11.8. The molecule has 0 aromatic rings. The van der Waals surface area contributed by atoms with Gasteiger partial charge in [-0.05, 0) is 0 Å². The van der Waals surface area contributed by atoms with E-state index >= 15 is 0 Å². The van der Waals surface area contributed by atoms with E-state index < -0.39 is 31.1 Å². The number of carbonyl (C=O) groups is 2. The van der Waals surface area contributed by atoms with E-state index in [9.17, 15) is 24.9 Å². The molecular formula is C8H13NNa2O6. The number of methoxy groups -OCH3 is 1. The van der Waals surface area contributed by atoms with Crippen LogP contribution in [0.15, 0.2) is 0 Å². The number of carboxylic acid groups (broad SMARTS) is 2. The Bertz CT molecular complexity index is 212. The number of hydrogen-bond donors (Lipinski definition) is 1. The second kappa shape index (κ2) is 13.3. The molecule has 1 unspecified atom stereocenters. The van der Waals surface area contributed by atoms with Gasteiger partial charge in [0.15, 0.2) is 0 Å². The number of carbonyl (C=O) groups excluding carboxylic acids is 2. The largest absolute Gasteiger partial charge is 1.00 e. The third kappa shape index (κ3) is 14.8. The Labute approximate surface area is 144 Å². The molecule has 1 N–H and O–H groups in total. The van der Waals surface area contributed by atoms with Gasteiger partial charge >= 0.3 is 59.1 Å². The number of hydrogen-bond acceptors (Lipinski definition) is 7. The fourth-order valence-electron chi connectivity index (χ4n) is 1.09. The van der Waals surface area contributed by atoms with Crippen LogP contribution in [0.1, 0.15) is 0 Å². The number of aliphatic carboxylic acids is 2. The zero-order valence-electron chi connectivity index (χ0n) is 10.3. The summed E-state index contributed by atoms with van der Waals surface area (Å²) in [7, 11) is 1.37. The molecule has 1 atom stereocenters. The third-order valence-corrected chi connectivity index (χ3v) is 1.53. The molecule has 88 valence electrons. The van der Waals surface area contributed by atoms with Gasteiger partial charge in [-0.3, -0.25) is 4.90 Å². The molecule has 0 rings (SSSR count). The van der Waals surface area contributed by atoms with Crippen molar-refractivity contribution in [3.8, 4) is 0 Å². The summed E-state index contributed by atoms with van der Waals surface area (Å²) in [6.07, 6.45) is -0.950. The van der Waals surface area contributed by atoms with E-state index in [0.717, 1.165) is 4.90 Å². The normalized spacial score (nSPS) is 11.2. The minimum absolute atomic E-state index is 0. The summed E-state index contributed by atoms with van der Waals surface area (Å²) in [5.41, 5.74) is 0. The molecule has 0 saturated carbocycles. The maximum absolute atomic E-state index is 10.3. The molecular weight excluding hydrogens is 252 g/mol. The first-order valence-electron chi connectivity index (χ1n) is 4.24. The first-order chi connectivity index (χ1) is 6.95. The molecule has 0 aromatic carbocycles. The van der Waals surface area contributed by atoms with Crippen LogP contribution in [0.25, 0.3) is 0 Å². The van der Waals surface area contributed by atoms with Gasteiger partial charge in [0.1, 0.15) is 0 Å². The smallest absolute Gasteiger partial charge is 0.549 e. The van der Waals surface area contributed by atoms with Crippen molar-refractivity contribution in [1.82, 2.24) is 4.90 Å². The fraction of sp³-hybridized carbons (Fsp3) is 0.750. The number of rotatable bonds is 8. The quantitative estimate of drug-likeness (QED) is 0.433. The van der Waals surface area contributed by atoms with Crippen LogP contribution in [0.2, 0.25) is 0 Å². The SMILES string of the molecule is COCC(O)CN(CC(=O)[O-])CC(=O)[O-].[Na+].[Na+]. The van der Waals surface area contributed by atoms with E-state index in [4.69, 9.17) is 0 Å². The van der Waals surface area contributed by atoms with Crippen LogP contribution in [-0.4, -0.2) is 61.4 Å². The Morgan fingerprint density at radius 1 is 1.24 bits per heavy atom. The van der Waals surface area contributed by atoms with Crippen molar-refractivity contribution in [3.05, 3.63) is 0 Å². The topological polar surface area (TPSA) is 113 Å². The van der Waals surface area contributed by atoms with Crippen molar-refractivity contribution < 1.29 is 88.8 Å². The second-order valence-electron chi connectivity index (χ2n) is 3.02. The van der Waals surface area contributed by atoms with Gasteiger partial charge in [-0.1, -0.05) is 0 Å². The number of aliphatic hydroxyl groups excluding tert-OH is 1. The monoisotopic (exact) mass is 265 g/mol. The minimum Gasteiger partial charge on any atom is -0.549 e. The molecule has 9 heteroatoms. The summed E-state index contributed by atoms with van der Waals surface area (Å²) >= 11 is 0. The summed E-state index contributed by atoms with van der Waals surface area (Å²) in [4.78, 5) is 21.5. The second-order valence-corrected chi connectivity index (χ2v) is 3.02. The molecule has 0 radical (unpaired) electrons. The van der Waals surface area contributed by atoms with Gasteiger partial charge in [0.2, 0.25) is 0 Å². The summed E-state index contributed by atoms with van der Waals surface area (Å²) < 4.78 is 4.61. The number of aliphatic hydroxyl groups is 1. The van der Waals surface area contributed by atoms with E-state index in [1.165, 1.54) is 7.11 Å². The van der Waals surface area contributed by atoms with Crippen LogP contribution >= 0.6 is 0 Å². The molecule has 0 aliphatic rings. The molecule has 0 aliphatic heterocycles. The van der Waals surface area contributed by atoms with Gasteiger partial charge in [0.05, 0.1) is 24.6 Å². The molecule has 0 bridgehead atoms. The number of nitrogens with zero attached hydrogens (tertiary/aromatic N) is 1. The van der Waals surface area contributed by atoms with E-state index in [0.29, 0.717) is 0 Å². The van der Waals surface area contributed by atoms with Gasteiger partial charge in [-0.2, -0.15) is 0 Å². The van der Waals surface area contributed by atoms with E-state index in [1.54, 1.807) is 0 Å². The molecule has 0 amide bonds. The van der Waals surface area contributed by atoms with Crippen molar-refractivity contribution in [2.75, 3.05) is 33.4 Å².